The van der Waals surface area contributed by atoms with Crippen LogP contribution in [0.1, 0.15) is 23.0 Å². The first-order chi connectivity index (χ1) is 11.2. The van der Waals surface area contributed by atoms with Crippen LogP contribution in [-0.2, 0) is 6.54 Å². The first-order valence-electron chi connectivity index (χ1n) is 7.58. The maximum Gasteiger partial charge on any atom is 0.274 e. The largest absolute Gasteiger partial charge is 0.494 e. The van der Waals surface area contributed by atoms with Crippen LogP contribution >= 0.6 is 0 Å². The van der Waals surface area contributed by atoms with Gasteiger partial charge in [-0.3, -0.25) is 4.79 Å². The smallest absolute Gasteiger partial charge is 0.274 e. The summed E-state index contributed by atoms with van der Waals surface area (Å²) >= 11 is 0. The van der Waals surface area contributed by atoms with Crippen LogP contribution in [0.25, 0.3) is 5.65 Å². The Balaban J connectivity index is 1.71. The lowest BCUT2D eigenvalue weighted by Gasteiger charge is -2.16. The molecule has 0 aliphatic carbocycles. The van der Waals surface area contributed by atoms with E-state index < -0.39 is 0 Å². The van der Waals surface area contributed by atoms with E-state index in [1.165, 1.54) is 0 Å². The van der Waals surface area contributed by atoms with Crippen molar-refractivity contribution < 1.29 is 9.53 Å². The topological polar surface area (TPSA) is 46.8 Å². The third kappa shape index (κ3) is 3.34. The lowest BCUT2D eigenvalue weighted by Crippen LogP contribution is -2.26. The first kappa shape index (κ1) is 15.1. The van der Waals surface area contributed by atoms with Crippen molar-refractivity contribution in [1.82, 2.24) is 14.3 Å². The van der Waals surface area contributed by atoms with Gasteiger partial charge >= 0.3 is 0 Å². The van der Waals surface area contributed by atoms with Gasteiger partial charge in [0.2, 0.25) is 0 Å². The number of nitrogens with zero attached hydrogens (tertiary/aromatic N) is 3. The summed E-state index contributed by atoms with van der Waals surface area (Å²) < 4.78 is 7.27. The van der Waals surface area contributed by atoms with Crippen molar-refractivity contribution in [3.63, 3.8) is 0 Å². The second kappa shape index (κ2) is 6.52. The van der Waals surface area contributed by atoms with Crippen molar-refractivity contribution in [2.24, 2.45) is 0 Å². The van der Waals surface area contributed by atoms with E-state index in [4.69, 9.17) is 4.74 Å². The minimum Gasteiger partial charge on any atom is -0.494 e. The summed E-state index contributed by atoms with van der Waals surface area (Å²) in [6.45, 7) is 3.12. The van der Waals surface area contributed by atoms with Crippen LogP contribution < -0.4 is 4.74 Å². The number of amides is 1. The van der Waals surface area contributed by atoms with Crippen molar-refractivity contribution >= 4 is 11.6 Å². The molecule has 0 N–H and O–H groups in total. The van der Waals surface area contributed by atoms with E-state index in [1.54, 1.807) is 18.1 Å². The average molecular weight is 309 g/mol. The maximum absolute atomic E-state index is 12.5. The van der Waals surface area contributed by atoms with Gasteiger partial charge in [0, 0.05) is 26.0 Å². The van der Waals surface area contributed by atoms with E-state index in [9.17, 15) is 4.79 Å². The number of hydrogen-bond acceptors (Lipinski definition) is 3. The number of pyridine rings is 1. The number of ether oxygens (including phenoxy) is 1. The average Bonchev–Trinajstić information content (AvgIpc) is 3.00. The molecule has 0 aliphatic rings. The van der Waals surface area contributed by atoms with Gasteiger partial charge < -0.3 is 14.0 Å². The van der Waals surface area contributed by atoms with Crippen molar-refractivity contribution in [1.29, 1.82) is 0 Å². The van der Waals surface area contributed by atoms with E-state index in [0.29, 0.717) is 18.8 Å². The standard InChI is InChI=1S/C18H19N3O2/c1-3-23-15-9-7-14(8-10-15)12-20(2)18(22)16-13-21-11-5-4-6-17(21)19-16/h4-11,13H,3,12H2,1-2H3. The van der Waals surface area contributed by atoms with Crippen molar-refractivity contribution in [3.05, 3.63) is 66.1 Å². The predicted octanol–water partition coefficient (Wildman–Crippen LogP) is 3.01. The van der Waals surface area contributed by atoms with Gasteiger partial charge in [0.05, 0.1) is 6.61 Å². The predicted molar refractivity (Wildman–Crippen MR) is 88.6 cm³/mol. The fraction of sp³-hybridized carbons (Fsp3) is 0.222. The summed E-state index contributed by atoms with van der Waals surface area (Å²) in [4.78, 5) is 18.5. The zero-order valence-corrected chi connectivity index (χ0v) is 13.3. The fourth-order valence-corrected chi connectivity index (χ4v) is 2.44. The van der Waals surface area contributed by atoms with Crippen molar-refractivity contribution in [2.75, 3.05) is 13.7 Å². The summed E-state index contributed by atoms with van der Waals surface area (Å²) in [7, 11) is 1.78. The molecule has 0 unspecified atom stereocenters. The molecular formula is C18H19N3O2. The summed E-state index contributed by atoms with van der Waals surface area (Å²) in [5.41, 5.74) is 2.27. The third-order valence-electron chi connectivity index (χ3n) is 3.58. The Kier molecular flexibility index (Phi) is 4.28. The Morgan fingerprint density at radius 1 is 1.22 bits per heavy atom. The number of fused-ring (bicyclic) bond motifs is 1. The quantitative estimate of drug-likeness (QED) is 0.728. The molecule has 0 fully saturated rings. The molecule has 0 saturated heterocycles. The van der Waals surface area contributed by atoms with Crippen molar-refractivity contribution in [3.8, 4) is 5.75 Å². The maximum atomic E-state index is 12.5. The Hall–Kier alpha value is -2.82. The highest BCUT2D eigenvalue weighted by Crippen LogP contribution is 2.14. The van der Waals surface area contributed by atoms with Crippen LogP contribution in [0.3, 0.4) is 0 Å². The SMILES string of the molecule is CCOc1ccc(CN(C)C(=O)c2cn3ccccc3n2)cc1. The Morgan fingerprint density at radius 2 is 2.00 bits per heavy atom. The fourth-order valence-electron chi connectivity index (χ4n) is 2.44. The molecule has 5 nitrogen and oxygen atoms in total. The number of aromatic nitrogens is 2. The number of benzene rings is 1. The number of hydrogen-bond donors (Lipinski definition) is 0. The van der Waals surface area contributed by atoms with Crippen LogP contribution in [0.2, 0.25) is 0 Å². The van der Waals surface area contributed by atoms with E-state index in [-0.39, 0.29) is 5.91 Å². The van der Waals surface area contributed by atoms with Gasteiger partial charge in [-0.15, -0.1) is 0 Å². The molecule has 23 heavy (non-hydrogen) atoms. The Bertz CT molecular complexity index is 776. The van der Waals surface area contributed by atoms with Gasteiger partial charge in [0.15, 0.2) is 0 Å². The van der Waals surface area contributed by atoms with Crippen LogP contribution in [0.5, 0.6) is 5.75 Å². The molecule has 2 heterocycles. The molecule has 3 rings (SSSR count). The molecule has 1 amide bonds. The number of imidazole rings is 1. The Labute approximate surface area is 135 Å². The van der Waals surface area contributed by atoms with Crippen LogP contribution in [0.4, 0.5) is 0 Å². The molecule has 0 aliphatic heterocycles. The Morgan fingerprint density at radius 3 is 2.70 bits per heavy atom. The molecular weight excluding hydrogens is 290 g/mol. The van der Waals surface area contributed by atoms with Gasteiger partial charge in [-0.25, -0.2) is 4.98 Å². The minimum absolute atomic E-state index is 0.0948. The highest BCUT2D eigenvalue weighted by atomic mass is 16.5. The molecule has 0 bridgehead atoms. The van der Waals surface area contributed by atoms with Crippen LogP contribution in [-0.4, -0.2) is 33.8 Å². The summed E-state index contributed by atoms with van der Waals surface area (Å²) in [5.74, 6) is 0.744. The molecule has 0 spiro atoms. The lowest BCUT2D eigenvalue weighted by atomic mass is 10.2. The zero-order chi connectivity index (χ0) is 16.2. The highest BCUT2D eigenvalue weighted by Gasteiger charge is 2.15. The molecule has 0 atom stereocenters. The second-order valence-electron chi connectivity index (χ2n) is 5.33. The lowest BCUT2D eigenvalue weighted by molar-refractivity contribution is 0.0780. The minimum atomic E-state index is -0.0948. The van der Waals surface area contributed by atoms with Gasteiger partial charge in [-0.2, -0.15) is 0 Å². The number of rotatable bonds is 5. The van der Waals surface area contributed by atoms with E-state index in [0.717, 1.165) is 17.0 Å². The summed E-state index contributed by atoms with van der Waals surface area (Å²) in [6, 6.07) is 13.5. The molecule has 1 aromatic carbocycles. The van der Waals surface area contributed by atoms with E-state index >= 15 is 0 Å². The highest BCUT2D eigenvalue weighted by molar-refractivity contribution is 5.92. The van der Waals surface area contributed by atoms with Crippen LogP contribution in [0, 0.1) is 0 Å². The monoisotopic (exact) mass is 309 g/mol. The van der Waals surface area contributed by atoms with Crippen LogP contribution in [0.15, 0.2) is 54.9 Å². The normalized spacial score (nSPS) is 10.7. The summed E-state index contributed by atoms with van der Waals surface area (Å²) in [6.07, 6.45) is 3.64. The zero-order valence-electron chi connectivity index (χ0n) is 13.3. The molecule has 0 radical (unpaired) electrons. The molecule has 118 valence electrons. The van der Waals surface area contributed by atoms with E-state index in [1.807, 2.05) is 60.0 Å². The van der Waals surface area contributed by atoms with Crippen molar-refractivity contribution in [2.45, 2.75) is 13.5 Å². The number of carbonyl (C=O) groups is 1. The third-order valence-corrected chi connectivity index (χ3v) is 3.58. The summed E-state index contributed by atoms with van der Waals surface area (Å²) in [5, 5.41) is 0. The van der Waals surface area contributed by atoms with E-state index in [2.05, 4.69) is 4.98 Å². The first-order valence-corrected chi connectivity index (χ1v) is 7.58. The van der Waals surface area contributed by atoms with Gasteiger partial charge in [-0.1, -0.05) is 18.2 Å². The second-order valence-corrected chi connectivity index (χ2v) is 5.33. The van der Waals surface area contributed by atoms with Gasteiger partial charge in [0.25, 0.3) is 5.91 Å². The molecule has 0 saturated carbocycles. The van der Waals surface area contributed by atoms with Gasteiger partial charge in [-0.05, 0) is 36.8 Å². The van der Waals surface area contributed by atoms with Gasteiger partial charge in [0.1, 0.15) is 17.1 Å². The molecule has 5 heteroatoms. The molecule has 2 aromatic heterocycles. The molecule has 3 aromatic rings. The number of carbonyl (C=O) groups excluding carboxylic acids is 1.